The average molecular weight is 338 g/mol. The van der Waals surface area contributed by atoms with E-state index in [-0.39, 0.29) is 0 Å². The van der Waals surface area contributed by atoms with Gasteiger partial charge in [-0.05, 0) is 61.7 Å². The van der Waals surface area contributed by atoms with Gasteiger partial charge >= 0.3 is 0 Å². The maximum Gasteiger partial charge on any atom is 0.0207 e. The summed E-state index contributed by atoms with van der Waals surface area (Å²) in [5, 5.41) is 3.57. The standard InChI is InChI=1S/C18H28BrN/c1-3-14-9-10-16(13-20-4-2)17(11-14)12-15-7-5-6-8-18(15)19/h5-8,14,16-17,20H,3-4,9-13H2,1-2H3. The Hall–Kier alpha value is -0.340. The van der Waals surface area contributed by atoms with E-state index in [0.29, 0.717) is 0 Å². The molecule has 0 amide bonds. The lowest BCUT2D eigenvalue weighted by Gasteiger charge is -2.36. The molecule has 1 aliphatic carbocycles. The second kappa shape index (κ2) is 8.19. The molecule has 3 atom stereocenters. The molecule has 1 aromatic carbocycles. The van der Waals surface area contributed by atoms with E-state index in [1.807, 2.05) is 0 Å². The monoisotopic (exact) mass is 337 g/mol. The molecule has 0 spiro atoms. The van der Waals surface area contributed by atoms with E-state index in [9.17, 15) is 0 Å². The van der Waals surface area contributed by atoms with E-state index in [0.717, 1.165) is 24.3 Å². The summed E-state index contributed by atoms with van der Waals surface area (Å²) in [7, 11) is 0. The van der Waals surface area contributed by atoms with Crippen molar-refractivity contribution < 1.29 is 0 Å². The van der Waals surface area contributed by atoms with Crippen molar-refractivity contribution in [2.75, 3.05) is 13.1 Å². The molecule has 0 bridgehead atoms. The normalized spacial score (nSPS) is 26.6. The lowest BCUT2D eigenvalue weighted by Crippen LogP contribution is -2.34. The highest BCUT2D eigenvalue weighted by Gasteiger charge is 2.29. The maximum atomic E-state index is 3.71. The van der Waals surface area contributed by atoms with E-state index in [1.54, 1.807) is 0 Å². The van der Waals surface area contributed by atoms with Crippen LogP contribution < -0.4 is 5.32 Å². The zero-order chi connectivity index (χ0) is 14.4. The molecule has 0 radical (unpaired) electrons. The van der Waals surface area contributed by atoms with Crippen LogP contribution in [0.2, 0.25) is 0 Å². The molecule has 1 nitrogen and oxygen atoms in total. The summed E-state index contributed by atoms with van der Waals surface area (Å²) < 4.78 is 1.28. The van der Waals surface area contributed by atoms with Gasteiger partial charge in [-0.25, -0.2) is 0 Å². The molecule has 1 aromatic rings. The number of halogens is 1. The van der Waals surface area contributed by atoms with Gasteiger partial charge < -0.3 is 5.32 Å². The van der Waals surface area contributed by atoms with E-state index in [1.165, 1.54) is 48.7 Å². The van der Waals surface area contributed by atoms with Crippen LogP contribution in [0.4, 0.5) is 0 Å². The van der Waals surface area contributed by atoms with Crippen LogP contribution in [0.25, 0.3) is 0 Å². The third kappa shape index (κ3) is 4.33. The minimum Gasteiger partial charge on any atom is -0.317 e. The molecule has 3 unspecified atom stereocenters. The molecule has 0 saturated heterocycles. The van der Waals surface area contributed by atoms with E-state index < -0.39 is 0 Å². The molecule has 0 aromatic heterocycles. The fourth-order valence-electron chi connectivity index (χ4n) is 3.59. The van der Waals surface area contributed by atoms with E-state index in [2.05, 4.69) is 59.4 Å². The summed E-state index contributed by atoms with van der Waals surface area (Å²) >= 11 is 3.71. The predicted molar refractivity (Wildman–Crippen MR) is 91.0 cm³/mol. The molecule has 112 valence electrons. The molecule has 20 heavy (non-hydrogen) atoms. The van der Waals surface area contributed by atoms with Gasteiger partial charge in [-0.1, -0.05) is 60.8 Å². The molecule has 0 aliphatic heterocycles. The maximum absolute atomic E-state index is 3.71. The summed E-state index contributed by atoms with van der Waals surface area (Å²) in [5.74, 6) is 2.64. The van der Waals surface area contributed by atoms with Crippen LogP contribution in [-0.4, -0.2) is 13.1 Å². The van der Waals surface area contributed by atoms with Gasteiger partial charge in [0, 0.05) is 4.47 Å². The highest BCUT2D eigenvalue weighted by Crippen LogP contribution is 2.38. The molecule has 2 heteroatoms. The largest absolute Gasteiger partial charge is 0.317 e. The van der Waals surface area contributed by atoms with Gasteiger partial charge in [0.05, 0.1) is 0 Å². The summed E-state index contributed by atoms with van der Waals surface area (Å²) in [4.78, 5) is 0. The fraction of sp³-hybridized carbons (Fsp3) is 0.667. The predicted octanol–water partition coefficient (Wildman–Crippen LogP) is 5.04. The van der Waals surface area contributed by atoms with Crippen LogP contribution >= 0.6 is 15.9 Å². The SMILES string of the molecule is CCNCC1CCC(CC)CC1Cc1ccccc1Br. The highest BCUT2D eigenvalue weighted by molar-refractivity contribution is 9.10. The highest BCUT2D eigenvalue weighted by atomic mass is 79.9. The molecule has 1 aliphatic rings. The summed E-state index contributed by atoms with van der Waals surface area (Å²) in [6, 6.07) is 8.73. The number of benzene rings is 1. The second-order valence-corrected chi connectivity index (χ2v) is 7.07. The Kier molecular flexibility index (Phi) is 6.57. The third-order valence-corrected chi connectivity index (χ3v) is 5.70. The number of hydrogen-bond acceptors (Lipinski definition) is 1. The minimum atomic E-state index is 0.839. The van der Waals surface area contributed by atoms with E-state index in [4.69, 9.17) is 0 Å². The van der Waals surface area contributed by atoms with Gasteiger partial charge in [-0.3, -0.25) is 0 Å². The molecule has 2 rings (SSSR count). The Morgan fingerprint density at radius 3 is 2.65 bits per heavy atom. The van der Waals surface area contributed by atoms with Crippen molar-refractivity contribution in [3.63, 3.8) is 0 Å². The van der Waals surface area contributed by atoms with Crippen LogP contribution in [0, 0.1) is 17.8 Å². The Balaban J connectivity index is 2.04. The summed E-state index contributed by atoms with van der Waals surface area (Å²) in [5.41, 5.74) is 1.48. The van der Waals surface area contributed by atoms with Gasteiger partial charge in [0.25, 0.3) is 0 Å². The van der Waals surface area contributed by atoms with Crippen molar-refractivity contribution >= 4 is 15.9 Å². The van der Waals surface area contributed by atoms with Crippen molar-refractivity contribution in [1.29, 1.82) is 0 Å². The van der Waals surface area contributed by atoms with Crippen LogP contribution in [0.1, 0.15) is 45.1 Å². The van der Waals surface area contributed by atoms with Crippen LogP contribution in [0.3, 0.4) is 0 Å². The van der Waals surface area contributed by atoms with Crippen LogP contribution in [0.5, 0.6) is 0 Å². The molecule has 1 fully saturated rings. The average Bonchev–Trinajstić information content (AvgIpc) is 2.48. The molecular weight excluding hydrogens is 310 g/mol. The molecule has 1 N–H and O–H groups in total. The zero-order valence-electron chi connectivity index (χ0n) is 12.9. The van der Waals surface area contributed by atoms with Gasteiger partial charge in [0.1, 0.15) is 0 Å². The van der Waals surface area contributed by atoms with Crippen molar-refractivity contribution in [1.82, 2.24) is 5.32 Å². The molecular formula is C18H28BrN. The van der Waals surface area contributed by atoms with Crippen LogP contribution in [0.15, 0.2) is 28.7 Å². The summed E-state index contributed by atoms with van der Waals surface area (Å²) in [6.45, 7) is 6.85. The lowest BCUT2D eigenvalue weighted by molar-refractivity contribution is 0.172. The lowest BCUT2D eigenvalue weighted by atomic mass is 9.71. The topological polar surface area (TPSA) is 12.0 Å². The Bertz CT molecular complexity index is 404. The molecule has 1 saturated carbocycles. The quantitative estimate of drug-likeness (QED) is 0.766. The minimum absolute atomic E-state index is 0.839. The second-order valence-electron chi connectivity index (χ2n) is 6.21. The van der Waals surface area contributed by atoms with Gasteiger partial charge in [-0.15, -0.1) is 0 Å². The number of nitrogens with one attached hydrogen (secondary N) is 1. The van der Waals surface area contributed by atoms with Crippen molar-refractivity contribution in [2.24, 2.45) is 17.8 Å². The van der Waals surface area contributed by atoms with Gasteiger partial charge in [0.15, 0.2) is 0 Å². The van der Waals surface area contributed by atoms with Crippen molar-refractivity contribution in [3.8, 4) is 0 Å². The third-order valence-electron chi connectivity index (χ3n) is 4.92. The fourth-order valence-corrected chi connectivity index (χ4v) is 4.04. The first-order valence-electron chi connectivity index (χ1n) is 8.18. The zero-order valence-corrected chi connectivity index (χ0v) is 14.5. The Morgan fingerprint density at radius 1 is 1.15 bits per heavy atom. The van der Waals surface area contributed by atoms with Crippen LogP contribution in [-0.2, 0) is 6.42 Å². The Labute approximate surface area is 132 Å². The van der Waals surface area contributed by atoms with Gasteiger partial charge in [0.2, 0.25) is 0 Å². The molecule has 0 heterocycles. The van der Waals surface area contributed by atoms with E-state index >= 15 is 0 Å². The first-order valence-corrected chi connectivity index (χ1v) is 8.98. The summed E-state index contributed by atoms with van der Waals surface area (Å²) in [6.07, 6.45) is 6.82. The number of hydrogen-bond donors (Lipinski definition) is 1. The first kappa shape index (κ1) is 16.0. The number of rotatable bonds is 6. The van der Waals surface area contributed by atoms with Crippen molar-refractivity contribution in [2.45, 2.75) is 46.0 Å². The Morgan fingerprint density at radius 2 is 1.95 bits per heavy atom. The van der Waals surface area contributed by atoms with Gasteiger partial charge in [-0.2, -0.15) is 0 Å². The van der Waals surface area contributed by atoms with Crippen molar-refractivity contribution in [3.05, 3.63) is 34.3 Å². The smallest absolute Gasteiger partial charge is 0.0207 e. The first-order chi connectivity index (χ1) is 9.74.